The summed E-state index contributed by atoms with van der Waals surface area (Å²) >= 11 is 3.03. The summed E-state index contributed by atoms with van der Waals surface area (Å²) in [5.41, 5.74) is 0.862. The topological polar surface area (TPSA) is 73.7 Å². The fraction of sp³-hybridized carbons (Fsp3) is 0.357. The van der Waals surface area contributed by atoms with Gasteiger partial charge in [0.15, 0.2) is 0 Å². The van der Waals surface area contributed by atoms with E-state index in [1.165, 1.54) is 22.2 Å². The normalized spacial score (nSPS) is 14.3. The molecule has 1 aromatic heterocycles. The molecule has 130 valence electrons. The van der Waals surface area contributed by atoms with Gasteiger partial charge in [-0.2, -0.15) is 5.10 Å². The van der Waals surface area contributed by atoms with Gasteiger partial charge in [-0.25, -0.2) is 17.5 Å². The molecule has 0 saturated carbocycles. The first kappa shape index (κ1) is 17.0. The molecule has 10 heteroatoms. The first-order chi connectivity index (χ1) is 11.3. The molecule has 24 heavy (non-hydrogen) atoms. The first-order valence-corrected chi connectivity index (χ1v) is 9.23. The number of methoxy groups -OCH3 is 1. The van der Waals surface area contributed by atoms with Gasteiger partial charge in [-0.05, 0) is 35.0 Å². The largest absolute Gasteiger partial charge is 0.495 e. The minimum absolute atomic E-state index is 0.0536. The monoisotopic (exact) mass is 419 g/mol. The van der Waals surface area contributed by atoms with Crippen molar-refractivity contribution in [1.29, 1.82) is 0 Å². The summed E-state index contributed by atoms with van der Waals surface area (Å²) in [4.78, 5) is -0.248. The molecule has 0 N–H and O–H groups in total. The SMILES string of the molecule is COc1cc(Br)c(F)cc1S(=O)(=O)N1CCOc2c1c(C)nn2C. The number of halogens is 2. The summed E-state index contributed by atoms with van der Waals surface area (Å²) in [5.74, 6) is -0.275. The van der Waals surface area contributed by atoms with Crippen molar-refractivity contribution in [2.75, 3.05) is 24.6 Å². The van der Waals surface area contributed by atoms with Gasteiger partial charge in [-0.1, -0.05) is 0 Å². The summed E-state index contributed by atoms with van der Waals surface area (Å²) < 4.78 is 53.6. The van der Waals surface area contributed by atoms with Gasteiger partial charge in [-0.15, -0.1) is 0 Å². The van der Waals surface area contributed by atoms with E-state index >= 15 is 0 Å². The van der Waals surface area contributed by atoms with E-state index in [0.29, 0.717) is 17.3 Å². The van der Waals surface area contributed by atoms with E-state index in [1.54, 1.807) is 14.0 Å². The van der Waals surface area contributed by atoms with E-state index in [1.807, 2.05) is 0 Å². The molecule has 1 aliphatic rings. The van der Waals surface area contributed by atoms with Crippen LogP contribution in [0.2, 0.25) is 0 Å². The van der Waals surface area contributed by atoms with Crippen LogP contribution in [0.15, 0.2) is 21.5 Å². The third-order valence-corrected chi connectivity index (χ3v) is 6.12. The molecule has 0 bridgehead atoms. The number of aryl methyl sites for hydroxylation is 2. The minimum Gasteiger partial charge on any atom is -0.495 e. The number of sulfonamides is 1. The number of anilines is 1. The number of fused-ring (bicyclic) bond motifs is 1. The lowest BCUT2D eigenvalue weighted by Crippen LogP contribution is -2.38. The third kappa shape index (κ3) is 2.53. The van der Waals surface area contributed by atoms with Crippen LogP contribution in [0.1, 0.15) is 5.69 Å². The van der Waals surface area contributed by atoms with Gasteiger partial charge in [0.2, 0.25) is 5.88 Å². The maximum absolute atomic E-state index is 13.9. The van der Waals surface area contributed by atoms with Crippen molar-refractivity contribution in [3.05, 3.63) is 28.1 Å². The molecule has 0 fully saturated rings. The summed E-state index contributed by atoms with van der Waals surface area (Å²) in [6.07, 6.45) is 0. The highest BCUT2D eigenvalue weighted by atomic mass is 79.9. The highest BCUT2D eigenvalue weighted by Crippen LogP contribution is 2.40. The van der Waals surface area contributed by atoms with Gasteiger partial charge in [0.25, 0.3) is 10.0 Å². The minimum atomic E-state index is -4.05. The molecule has 7 nitrogen and oxygen atoms in total. The second-order valence-electron chi connectivity index (χ2n) is 5.21. The van der Waals surface area contributed by atoms with Gasteiger partial charge < -0.3 is 9.47 Å². The fourth-order valence-corrected chi connectivity index (χ4v) is 4.62. The Kier molecular flexibility index (Phi) is 4.20. The molecule has 1 aliphatic heterocycles. The van der Waals surface area contributed by atoms with Crippen molar-refractivity contribution in [2.45, 2.75) is 11.8 Å². The summed E-state index contributed by atoms with van der Waals surface area (Å²) in [6, 6.07) is 2.23. The lowest BCUT2D eigenvalue weighted by molar-refractivity contribution is 0.288. The molecule has 0 atom stereocenters. The number of aromatic nitrogens is 2. The maximum Gasteiger partial charge on any atom is 0.268 e. The van der Waals surface area contributed by atoms with Gasteiger partial charge in [0.05, 0.1) is 23.8 Å². The summed E-state index contributed by atoms with van der Waals surface area (Å²) in [6.45, 7) is 1.96. The first-order valence-electron chi connectivity index (χ1n) is 6.99. The van der Waals surface area contributed by atoms with Crippen LogP contribution in [0.3, 0.4) is 0 Å². The highest BCUT2D eigenvalue weighted by Gasteiger charge is 2.36. The molecule has 0 amide bonds. The standard InChI is InChI=1S/C14H15BrFN3O4S/c1-8-13-14(18(2)17-8)23-5-4-19(13)24(20,21)12-7-10(16)9(15)6-11(12)22-3/h6-7H,4-5H2,1-3H3. The van der Waals surface area contributed by atoms with Crippen molar-refractivity contribution in [2.24, 2.45) is 7.05 Å². The zero-order valence-corrected chi connectivity index (χ0v) is 15.6. The van der Waals surface area contributed by atoms with E-state index in [0.717, 1.165) is 6.07 Å². The molecule has 0 radical (unpaired) electrons. The Morgan fingerprint density at radius 2 is 2.12 bits per heavy atom. The Hall–Kier alpha value is -1.81. The average molecular weight is 420 g/mol. The number of benzene rings is 1. The van der Waals surface area contributed by atoms with Crippen LogP contribution >= 0.6 is 15.9 Å². The number of hydrogen-bond donors (Lipinski definition) is 0. The van der Waals surface area contributed by atoms with E-state index in [9.17, 15) is 12.8 Å². The molecule has 0 saturated heterocycles. The van der Waals surface area contributed by atoms with Crippen molar-refractivity contribution >= 4 is 31.6 Å². The Morgan fingerprint density at radius 3 is 2.79 bits per heavy atom. The second-order valence-corrected chi connectivity index (χ2v) is 7.89. The number of hydrogen-bond acceptors (Lipinski definition) is 5. The predicted molar refractivity (Wildman–Crippen MR) is 88.6 cm³/mol. The number of rotatable bonds is 3. The smallest absolute Gasteiger partial charge is 0.268 e. The Bertz CT molecular complexity index is 913. The Morgan fingerprint density at radius 1 is 1.42 bits per heavy atom. The Balaban J connectivity index is 2.19. The van der Waals surface area contributed by atoms with E-state index in [4.69, 9.17) is 9.47 Å². The fourth-order valence-electron chi connectivity index (χ4n) is 2.64. The quantitative estimate of drug-likeness (QED) is 0.762. The molecule has 0 spiro atoms. The molecule has 0 aliphatic carbocycles. The van der Waals surface area contributed by atoms with Crippen LogP contribution in [-0.2, 0) is 17.1 Å². The van der Waals surface area contributed by atoms with E-state index in [-0.39, 0.29) is 28.3 Å². The second kappa shape index (κ2) is 5.92. The van der Waals surface area contributed by atoms with Crippen LogP contribution in [0.5, 0.6) is 11.6 Å². The Labute approximate surface area is 147 Å². The van der Waals surface area contributed by atoms with E-state index in [2.05, 4.69) is 21.0 Å². The van der Waals surface area contributed by atoms with Crippen molar-refractivity contribution in [3.8, 4) is 11.6 Å². The van der Waals surface area contributed by atoms with Crippen molar-refractivity contribution in [3.63, 3.8) is 0 Å². The molecule has 0 unspecified atom stereocenters. The highest BCUT2D eigenvalue weighted by molar-refractivity contribution is 9.10. The van der Waals surface area contributed by atoms with Gasteiger partial charge in [0.1, 0.15) is 28.8 Å². The van der Waals surface area contributed by atoms with Crippen LogP contribution < -0.4 is 13.8 Å². The number of nitrogens with zero attached hydrogens (tertiary/aromatic N) is 3. The summed E-state index contributed by atoms with van der Waals surface area (Å²) in [7, 11) is -1.05. The molecule has 2 heterocycles. The van der Waals surface area contributed by atoms with Crippen LogP contribution in [0, 0.1) is 12.7 Å². The average Bonchev–Trinajstić information content (AvgIpc) is 2.84. The van der Waals surface area contributed by atoms with Crippen molar-refractivity contribution < 1.29 is 22.3 Å². The van der Waals surface area contributed by atoms with Gasteiger partial charge in [-0.3, -0.25) is 4.31 Å². The van der Waals surface area contributed by atoms with Gasteiger partial charge in [0, 0.05) is 7.05 Å². The molecule has 3 rings (SSSR count). The zero-order chi connectivity index (χ0) is 17.6. The maximum atomic E-state index is 13.9. The van der Waals surface area contributed by atoms with Crippen LogP contribution in [-0.4, -0.2) is 38.5 Å². The zero-order valence-electron chi connectivity index (χ0n) is 13.2. The van der Waals surface area contributed by atoms with E-state index < -0.39 is 15.8 Å². The molecule has 1 aromatic carbocycles. The molecule has 2 aromatic rings. The van der Waals surface area contributed by atoms with Crippen LogP contribution in [0.4, 0.5) is 10.1 Å². The van der Waals surface area contributed by atoms with Crippen LogP contribution in [0.25, 0.3) is 0 Å². The lowest BCUT2D eigenvalue weighted by Gasteiger charge is -2.29. The van der Waals surface area contributed by atoms with Gasteiger partial charge >= 0.3 is 0 Å². The molecular formula is C14H15BrFN3O4S. The van der Waals surface area contributed by atoms with Crippen molar-refractivity contribution in [1.82, 2.24) is 9.78 Å². The lowest BCUT2D eigenvalue weighted by atomic mass is 10.3. The summed E-state index contributed by atoms with van der Waals surface area (Å²) in [5, 5.41) is 4.20. The molecular weight excluding hydrogens is 405 g/mol. The third-order valence-electron chi connectivity index (χ3n) is 3.70. The number of ether oxygens (including phenoxy) is 2. The predicted octanol–water partition coefficient (Wildman–Crippen LogP) is 2.23.